The molecule has 0 aliphatic heterocycles. The van der Waals surface area contributed by atoms with Crippen LogP contribution < -0.4 is 5.56 Å². The number of hydrogen-bond acceptors (Lipinski definition) is 6. The van der Waals surface area contributed by atoms with Crippen molar-refractivity contribution in [2.24, 2.45) is 0 Å². The van der Waals surface area contributed by atoms with Crippen molar-refractivity contribution in [2.75, 3.05) is 0 Å². The fourth-order valence-corrected chi connectivity index (χ4v) is 4.58. The van der Waals surface area contributed by atoms with Gasteiger partial charge in [0.25, 0.3) is 5.56 Å². The maximum atomic E-state index is 14.2. The average Bonchev–Trinajstić information content (AvgIpc) is 3.25. The summed E-state index contributed by atoms with van der Waals surface area (Å²) in [6.45, 7) is 6.09. The second-order valence-corrected chi connectivity index (χ2v) is 7.83. The molecule has 0 atom stereocenters. The van der Waals surface area contributed by atoms with E-state index in [1.807, 2.05) is 12.3 Å². The fourth-order valence-electron chi connectivity index (χ4n) is 2.84. The molecule has 0 bridgehead atoms. The molecule has 28 heavy (non-hydrogen) atoms. The van der Waals surface area contributed by atoms with Crippen LogP contribution in [0, 0.1) is 12.7 Å². The van der Waals surface area contributed by atoms with Crippen molar-refractivity contribution in [3.63, 3.8) is 0 Å². The molecule has 0 radical (unpaired) electrons. The van der Waals surface area contributed by atoms with Crippen LogP contribution in [-0.4, -0.2) is 24.1 Å². The molecule has 0 aliphatic rings. The van der Waals surface area contributed by atoms with Gasteiger partial charge in [-0.2, -0.15) is 0 Å². The van der Waals surface area contributed by atoms with E-state index in [0.29, 0.717) is 39.5 Å². The van der Waals surface area contributed by atoms with Crippen molar-refractivity contribution in [2.45, 2.75) is 24.4 Å². The number of thiazole rings is 1. The molecule has 3 heterocycles. The number of nitrogens with zero attached hydrogens (tertiary/aromatic N) is 5. The van der Waals surface area contributed by atoms with Gasteiger partial charge >= 0.3 is 0 Å². The summed E-state index contributed by atoms with van der Waals surface area (Å²) in [6.07, 6.45) is 1.71. The standard InChI is InChI=1S/C19H16FN5OS2/c1-3-8-24-17(14-6-4-5-7-15(14)20)22-23-19(24)28-11-13-9-16(26)25-12(2)10-27-18(25)21-13/h3-7,9-10H,1,8,11H2,2H3. The Balaban J connectivity index is 1.64. The molecule has 0 amide bonds. The smallest absolute Gasteiger partial charge is 0.258 e. The molecule has 0 N–H and O–H groups in total. The molecular formula is C19H16FN5OS2. The highest BCUT2D eigenvalue weighted by Gasteiger charge is 2.17. The third-order valence-corrected chi connectivity index (χ3v) is 6.07. The van der Waals surface area contributed by atoms with Gasteiger partial charge in [0.05, 0.1) is 11.3 Å². The van der Waals surface area contributed by atoms with Crippen LogP contribution in [-0.2, 0) is 12.3 Å². The third kappa shape index (κ3) is 3.38. The summed E-state index contributed by atoms with van der Waals surface area (Å²) in [5.41, 5.74) is 1.82. The summed E-state index contributed by atoms with van der Waals surface area (Å²) in [6, 6.07) is 7.99. The second-order valence-electron chi connectivity index (χ2n) is 6.05. The number of aryl methyl sites for hydroxylation is 1. The summed E-state index contributed by atoms with van der Waals surface area (Å²) < 4.78 is 17.6. The maximum Gasteiger partial charge on any atom is 0.258 e. The number of hydrogen-bond donors (Lipinski definition) is 0. The topological polar surface area (TPSA) is 65.1 Å². The van der Waals surface area contributed by atoms with Crippen LogP contribution in [0.15, 0.2) is 58.3 Å². The van der Waals surface area contributed by atoms with Crippen LogP contribution in [0.2, 0.25) is 0 Å². The van der Waals surface area contributed by atoms with Crippen LogP contribution >= 0.6 is 23.1 Å². The van der Waals surface area contributed by atoms with Crippen LogP contribution in [0.4, 0.5) is 4.39 Å². The van der Waals surface area contributed by atoms with Gasteiger partial charge in [0.15, 0.2) is 15.9 Å². The van der Waals surface area contributed by atoms with Gasteiger partial charge in [-0.05, 0) is 19.1 Å². The zero-order valence-corrected chi connectivity index (χ0v) is 16.6. The number of aromatic nitrogens is 5. The van der Waals surface area contributed by atoms with Gasteiger partial charge in [-0.25, -0.2) is 9.37 Å². The lowest BCUT2D eigenvalue weighted by Crippen LogP contribution is -2.14. The Hall–Kier alpha value is -2.78. The van der Waals surface area contributed by atoms with Gasteiger partial charge in [0, 0.05) is 29.4 Å². The van der Waals surface area contributed by atoms with Crippen LogP contribution in [0.25, 0.3) is 16.3 Å². The fraction of sp³-hybridized carbons (Fsp3) is 0.158. The maximum absolute atomic E-state index is 14.2. The zero-order chi connectivity index (χ0) is 19.7. The quantitative estimate of drug-likeness (QED) is 0.354. The van der Waals surface area contributed by atoms with E-state index in [2.05, 4.69) is 21.8 Å². The first-order valence-electron chi connectivity index (χ1n) is 8.47. The molecule has 0 unspecified atom stereocenters. The number of benzene rings is 1. The SMILES string of the molecule is C=CCn1c(SCc2cc(=O)n3c(C)csc3n2)nnc1-c1ccccc1F. The van der Waals surface area contributed by atoms with Gasteiger partial charge in [-0.1, -0.05) is 30.0 Å². The number of thioether (sulfide) groups is 1. The summed E-state index contributed by atoms with van der Waals surface area (Å²) in [7, 11) is 0. The number of rotatable bonds is 6. The van der Waals surface area contributed by atoms with E-state index in [4.69, 9.17) is 0 Å². The van der Waals surface area contributed by atoms with E-state index in [-0.39, 0.29) is 11.4 Å². The number of allylic oxidation sites excluding steroid dienone is 1. The normalized spacial score (nSPS) is 11.2. The molecule has 0 fully saturated rings. The predicted octanol–water partition coefficient (Wildman–Crippen LogP) is 3.94. The summed E-state index contributed by atoms with van der Waals surface area (Å²) in [5, 5.41) is 10.9. The Morgan fingerprint density at radius 2 is 2.14 bits per heavy atom. The van der Waals surface area contributed by atoms with Gasteiger partial charge in [-0.3, -0.25) is 13.8 Å². The van der Waals surface area contributed by atoms with Gasteiger partial charge < -0.3 is 0 Å². The Morgan fingerprint density at radius 3 is 2.93 bits per heavy atom. The highest BCUT2D eigenvalue weighted by Crippen LogP contribution is 2.27. The van der Waals surface area contributed by atoms with Crippen molar-refractivity contribution in [1.82, 2.24) is 24.1 Å². The van der Waals surface area contributed by atoms with Crippen LogP contribution in [0.5, 0.6) is 0 Å². The molecule has 142 valence electrons. The van der Waals surface area contributed by atoms with Crippen molar-refractivity contribution in [1.29, 1.82) is 0 Å². The van der Waals surface area contributed by atoms with E-state index >= 15 is 0 Å². The molecular weight excluding hydrogens is 397 g/mol. The second kappa shape index (κ2) is 7.69. The summed E-state index contributed by atoms with van der Waals surface area (Å²) in [4.78, 5) is 17.5. The van der Waals surface area contributed by atoms with Gasteiger partial charge in [-0.15, -0.1) is 28.1 Å². The Labute approximate surface area is 168 Å². The largest absolute Gasteiger partial charge is 0.298 e. The molecule has 1 aromatic carbocycles. The minimum Gasteiger partial charge on any atom is -0.298 e. The lowest BCUT2D eigenvalue weighted by atomic mass is 10.2. The third-order valence-electron chi connectivity index (χ3n) is 4.12. The van der Waals surface area contributed by atoms with Crippen molar-refractivity contribution >= 4 is 28.1 Å². The van der Waals surface area contributed by atoms with E-state index in [1.54, 1.807) is 33.2 Å². The summed E-state index contributed by atoms with van der Waals surface area (Å²) in [5.74, 6) is 0.540. The molecule has 0 spiro atoms. The molecule has 0 aliphatic carbocycles. The van der Waals surface area contributed by atoms with Crippen molar-refractivity contribution in [3.8, 4) is 11.4 Å². The monoisotopic (exact) mass is 413 g/mol. The predicted molar refractivity (Wildman–Crippen MR) is 109 cm³/mol. The zero-order valence-electron chi connectivity index (χ0n) is 15.0. The Kier molecular flexibility index (Phi) is 5.10. The minimum absolute atomic E-state index is 0.0982. The van der Waals surface area contributed by atoms with Crippen LogP contribution in [0.1, 0.15) is 11.4 Å². The molecule has 9 heteroatoms. The lowest BCUT2D eigenvalue weighted by molar-refractivity contribution is 0.626. The Bertz CT molecular complexity index is 1230. The van der Waals surface area contributed by atoms with Crippen molar-refractivity contribution < 1.29 is 4.39 Å². The molecule has 4 rings (SSSR count). The molecule has 6 nitrogen and oxygen atoms in total. The van der Waals surface area contributed by atoms with E-state index in [9.17, 15) is 9.18 Å². The number of halogens is 1. The first kappa shape index (κ1) is 18.6. The molecule has 0 saturated carbocycles. The lowest BCUT2D eigenvalue weighted by Gasteiger charge is -2.08. The van der Waals surface area contributed by atoms with E-state index < -0.39 is 0 Å². The molecule has 0 saturated heterocycles. The highest BCUT2D eigenvalue weighted by atomic mass is 32.2. The van der Waals surface area contributed by atoms with E-state index in [1.165, 1.54) is 35.2 Å². The first-order chi connectivity index (χ1) is 13.6. The first-order valence-corrected chi connectivity index (χ1v) is 10.3. The molecule has 3 aromatic heterocycles. The summed E-state index contributed by atoms with van der Waals surface area (Å²) >= 11 is 2.83. The van der Waals surface area contributed by atoms with Crippen molar-refractivity contribution in [3.05, 3.63) is 75.9 Å². The van der Waals surface area contributed by atoms with Gasteiger partial charge in [0.1, 0.15) is 5.82 Å². The minimum atomic E-state index is -0.357. The highest BCUT2D eigenvalue weighted by molar-refractivity contribution is 7.98. The van der Waals surface area contributed by atoms with Crippen LogP contribution in [0.3, 0.4) is 0 Å². The van der Waals surface area contributed by atoms with E-state index in [0.717, 1.165) is 5.69 Å². The Morgan fingerprint density at radius 1 is 1.32 bits per heavy atom. The number of fused-ring (bicyclic) bond motifs is 1. The average molecular weight is 414 g/mol. The van der Waals surface area contributed by atoms with Gasteiger partial charge in [0.2, 0.25) is 0 Å². The molecule has 4 aromatic rings.